The summed E-state index contributed by atoms with van der Waals surface area (Å²) in [4.78, 5) is 23.6. The summed E-state index contributed by atoms with van der Waals surface area (Å²) in [7, 11) is 0. The third-order valence-corrected chi connectivity index (χ3v) is 6.77. The Morgan fingerprint density at radius 1 is 1.17 bits per heavy atom. The van der Waals surface area contributed by atoms with E-state index >= 15 is 0 Å². The number of hydrogen-bond acceptors (Lipinski definition) is 5. The number of hydrogen-bond donors (Lipinski definition) is 1. The molecule has 0 amide bonds. The molecule has 0 saturated heterocycles. The lowest BCUT2D eigenvalue weighted by molar-refractivity contribution is -0.165. The van der Waals surface area contributed by atoms with Gasteiger partial charge in [-0.2, -0.15) is 0 Å². The molecule has 6 unspecified atom stereocenters. The van der Waals surface area contributed by atoms with Gasteiger partial charge in [-0.15, -0.1) is 0 Å². The monoisotopic (exact) mass is 406 g/mol. The number of carbonyl (C=O) groups is 2. The van der Waals surface area contributed by atoms with Gasteiger partial charge in [-0.25, -0.2) is 0 Å². The van der Waals surface area contributed by atoms with Crippen molar-refractivity contribution in [3.8, 4) is 0 Å². The van der Waals surface area contributed by atoms with Crippen molar-refractivity contribution in [3.63, 3.8) is 0 Å². The molecule has 6 atom stereocenters. The first-order valence-corrected chi connectivity index (χ1v) is 10.8. The van der Waals surface area contributed by atoms with Crippen molar-refractivity contribution in [1.82, 2.24) is 0 Å². The zero-order valence-corrected chi connectivity index (χ0v) is 18.9. The van der Waals surface area contributed by atoms with E-state index in [0.717, 1.165) is 24.8 Å². The molecule has 0 spiro atoms. The Kier molecular flexibility index (Phi) is 7.37. The molecule has 0 aliphatic heterocycles. The molecule has 0 radical (unpaired) electrons. The van der Waals surface area contributed by atoms with E-state index < -0.39 is 17.8 Å². The minimum Gasteiger partial charge on any atom is -0.462 e. The smallest absolute Gasteiger partial charge is 0.303 e. The van der Waals surface area contributed by atoms with Gasteiger partial charge in [-0.05, 0) is 55.9 Å². The van der Waals surface area contributed by atoms with E-state index in [1.165, 1.54) is 13.8 Å². The van der Waals surface area contributed by atoms with Gasteiger partial charge in [0.15, 0.2) is 0 Å². The van der Waals surface area contributed by atoms with Gasteiger partial charge < -0.3 is 14.6 Å². The fourth-order valence-electron chi connectivity index (χ4n) is 5.78. The molecular formula is C24H38O5. The molecule has 2 aliphatic carbocycles. The van der Waals surface area contributed by atoms with Crippen molar-refractivity contribution >= 4 is 11.9 Å². The van der Waals surface area contributed by atoms with Gasteiger partial charge in [0.2, 0.25) is 0 Å². The minimum absolute atomic E-state index is 0.320. The molecule has 0 aromatic heterocycles. The van der Waals surface area contributed by atoms with Gasteiger partial charge in [0.05, 0.1) is 5.60 Å². The molecule has 0 heterocycles. The number of allylic oxidation sites excluding steroid dienone is 2. The van der Waals surface area contributed by atoms with E-state index in [2.05, 4.69) is 32.6 Å². The van der Waals surface area contributed by atoms with Gasteiger partial charge in [0, 0.05) is 26.2 Å². The molecule has 5 nitrogen and oxygen atoms in total. The maximum absolute atomic E-state index is 12.0. The maximum atomic E-state index is 12.0. The quantitative estimate of drug-likeness (QED) is 0.548. The molecule has 0 aromatic carbocycles. The number of fused-ring (bicyclic) bond motifs is 1. The highest BCUT2D eigenvalue weighted by Gasteiger charge is 2.53. The first-order valence-electron chi connectivity index (χ1n) is 10.8. The molecule has 1 N–H and O–H groups in total. The topological polar surface area (TPSA) is 72.8 Å². The average molecular weight is 407 g/mol. The maximum Gasteiger partial charge on any atom is 0.303 e. The highest BCUT2D eigenvalue weighted by atomic mass is 16.5. The van der Waals surface area contributed by atoms with Crippen molar-refractivity contribution in [2.75, 3.05) is 0 Å². The third-order valence-electron chi connectivity index (χ3n) is 6.77. The van der Waals surface area contributed by atoms with Gasteiger partial charge in [-0.1, -0.05) is 39.0 Å². The number of esters is 2. The summed E-state index contributed by atoms with van der Waals surface area (Å²) in [5.74, 6) is -0.315. The van der Waals surface area contributed by atoms with E-state index in [1.54, 1.807) is 13.8 Å². The Morgan fingerprint density at radius 2 is 1.76 bits per heavy atom. The Hall–Kier alpha value is -1.62. The first kappa shape index (κ1) is 23.7. The Labute approximate surface area is 175 Å². The van der Waals surface area contributed by atoms with Crippen LogP contribution in [0.2, 0.25) is 0 Å². The van der Waals surface area contributed by atoms with Crippen LogP contribution in [0.3, 0.4) is 0 Å². The largest absolute Gasteiger partial charge is 0.462 e. The van der Waals surface area contributed by atoms with E-state index in [9.17, 15) is 14.7 Å². The zero-order valence-electron chi connectivity index (χ0n) is 18.9. The fourth-order valence-corrected chi connectivity index (χ4v) is 5.78. The van der Waals surface area contributed by atoms with Crippen molar-refractivity contribution in [2.45, 2.75) is 91.5 Å². The lowest BCUT2D eigenvalue weighted by Crippen LogP contribution is -2.52. The molecule has 164 valence electrons. The zero-order chi connectivity index (χ0) is 22.0. The summed E-state index contributed by atoms with van der Waals surface area (Å²) in [5.41, 5.74) is -0.663. The van der Waals surface area contributed by atoms with Crippen LogP contribution in [-0.4, -0.2) is 34.9 Å². The van der Waals surface area contributed by atoms with Crippen LogP contribution >= 0.6 is 0 Å². The van der Waals surface area contributed by atoms with Gasteiger partial charge in [-0.3, -0.25) is 9.59 Å². The SMILES string of the molecule is C=C1CC(OC(C)=O)C(C(C)(C)O)C2(C)C=CC(C)C2CCCCC1OC(C)=O. The molecule has 0 bridgehead atoms. The van der Waals surface area contributed by atoms with Crippen molar-refractivity contribution in [1.29, 1.82) is 0 Å². The molecule has 2 rings (SSSR count). The van der Waals surface area contributed by atoms with Gasteiger partial charge >= 0.3 is 11.9 Å². The first-order chi connectivity index (χ1) is 13.4. The lowest BCUT2D eigenvalue weighted by Gasteiger charge is -2.48. The molecule has 1 saturated carbocycles. The fraction of sp³-hybridized carbons (Fsp3) is 0.750. The van der Waals surface area contributed by atoms with Gasteiger partial charge in [0.1, 0.15) is 12.2 Å². The van der Waals surface area contributed by atoms with E-state index in [1.807, 2.05) is 0 Å². The highest BCUT2D eigenvalue weighted by Crippen LogP contribution is 2.54. The second-order valence-electron chi connectivity index (χ2n) is 9.71. The van der Waals surface area contributed by atoms with Crippen LogP contribution in [0.5, 0.6) is 0 Å². The standard InChI is InChI=1S/C24H38O5/c1-15-12-13-24(7)19(15)10-8-9-11-20(28-17(3)25)16(2)14-21(29-18(4)26)22(24)23(5,6)27/h12-13,15,19-22,27H,2,8-11,14H2,1,3-7H3. The molecule has 0 aromatic rings. The highest BCUT2D eigenvalue weighted by molar-refractivity contribution is 5.67. The number of carbonyl (C=O) groups excluding carboxylic acids is 2. The Balaban J connectivity index is 2.52. The minimum atomic E-state index is -1.08. The van der Waals surface area contributed by atoms with E-state index in [-0.39, 0.29) is 23.3 Å². The molecule has 2 aliphatic rings. The van der Waals surface area contributed by atoms with Crippen molar-refractivity contribution in [2.24, 2.45) is 23.2 Å². The van der Waals surface area contributed by atoms with Crippen molar-refractivity contribution < 1.29 is 24.2 Å². The molecule has 1 fully saturated rings. The Morgan fingerprint density at radius 3 is 2.31 bits per heavy atom. The second kappa shape index (κ2) is 9.03. The summed E-state index contributed by atoms with van der Waals surface area (Å²) in [6, 6.07) is 0. The predicted octanol–water partition coefficient (Wildman–Crippen LogP) is 4.59. The van der Waals surface area contributed by atoms with Crippen LogP contribution in [0.1, 0.15) is 73.6 Å². The summed E-state index contributed by atoms with van der Waals surface area (Å²) in [5, 5.41) is 11.2. The number of ether oxygens (including phenoxy) is 2. The van der Waals surface area contributed by atoms with Crippen molar-refractivity contribution in [3.05, 3.63) is 24.3 Å². The van der Waals surface area contributed by atoms with Crippen LogP contribution in [0.4, 0.5) is 0 Å². The average Bonchev–Trinajstić information content (AvgIpc) is 2.82. The molecule has 29 heavy (non-hydrogen) atoms. The summed E-state index contributed by atoms with van der Waals surface area (Å²) < 4.78 is 11.3. The lowest BCUT2D eigenvalue weighted by atomic mass is 9.59. The van der Waals surface area contributed by atoms with Crippen LogP contribution in [0.15, 0.2) is 24.3 Å². The van der Waals surface area contributed by atoms with Crippen LogP contribution in [-0.2, 0) is 19.1 Å². The van der Waals surface area contributed by atoms with E-state index in [4.69, 9.17) is 9.47 Å². The van der Waals surface area contributed by atoms with Crippen LogP contribution < -0.4 is 0 Å². The Bertz CT molecular complexity index is 659. The molecular weight excluding hydrogens is 368 g/mol. The third kappa shape index (κ3) is 5.50. The predicted molar refractivity (Wildman–Crippen MR) is 113 cm³/mol. The second-order valence-corrected chi connectivity index (χ2v) is 9.71. The normalized spacial score (nSPS) is 36.1. The van der Waals surface area contributed by atoms with Gasteiger partial charge in [0.25, 0.3) is 0 Å². The summed E-state index contributed by atoms with van der Waals surface area (Å²) >= 11 is 0. The van der Waals surface area contributed by atoms with E-state index in [0.29, 0.717) is 24.7 Å². The number of aliphatic hydroxyl groups is 1. The summed E-state index contributed by atoms with van der Waals surface area (Å²) in [6.07, 6.45) is 7.51. The van der Waals surface area contributed by atoms with Crippen LogP contribution in [0, 0.1) is 23.2 Å². The van der Waals surface area contributed by atoms with Crippen LogP contribution in [0.25, 0.3) is 0 Å². The molecule has 5 heteroatoms. The number of rotatable bonds is 3. The summed E-state index contributed by atoms with van der Waals surface area (Å²) in [6.45, 7) is 15.0.